The lowest BCUT2D eigenvalue weighted by Crippen LogP contribution is -2.24. The van der Waals surface area contributed by atoms with Crippen LogP contribution in [0.3, 0.4) is 0 Å². The second-order valence-corrected chi connectivity index (χ2v) is 22.4. The monoisotopic (exact) mass is 939 g/mol. The lowest BCUT2D eigenvalue weighted by molar-refractivity contribution is 0.600. The molecule has 3 aliphatic rings. The van der Waals surface area contributed by atoms with Crippen LogP contribution in [-0.4, -0.2) is 0 Å². The fourth-order valence-corrected chi connectivity index (χ4v) is 13.8. The fraction of sp³-hybridized carbons (Fsp3) is 0.143. The summed E-state index contributed by atoms with van der Waals surface area (Å²) in [5.74, 6) is 0. The lowest BCUT2D eigenvalue weighted by Gasteiger charge is -2.32. The maximum Gasteiger partial charge on any atom is 0.144 e. The summed E-state index contributed by atoms with van der Waals surface area (Å²) >= 11 is 0. The van der Waals surface area contributed by atoms with Crippen LogP contribution >= 0.6 is 0 Å². The highest BCUT2D eigenvalue weighted by Crippen LogP contribution is 2.64. The zero-order chi connectivity index (χ0) is 49.3. The van der Waals surface area contributed by atoms with E-state index in [4.69, 9.17) is 8.83 Å². The third-order valence-electron chi connectivity index (χ3n) is 17.2. The van der Waals surface area contributed by atoms with Gasteiger partial charge >= 0.3 is 0 Å². The lowest BCUT2D eigenvalue weighted by atomic mass is 9.72. The summed E-state index contributed by atoms with van der Waals surface area (Å²) in [5, 5.41) is 4.72. The van der Waals surface area contributed by atoms with Gasteiger partial charge in [0, 0.05) is 66.0 Å². The van der Waals surface area contributed by atoms with Gasteiger partial charge < -0.3 is 13.7 Å². The first-order valence-electron chi connectivity index (χ1n) is 25.8. The van der Waals surface area contributed by atoms with E-state index in [2.05, 4.69) is 247 Å². The maximum atomic E-state index is 7.01. The minimum atomic E-state index is -0.339. The normalized spacial score (nSPS) is 15.1. The number of fused-ring (bicyclic) bond motifs is 19. The topological polar surface area (TPSA) is 29.5 Å². The van der Waals surface area contributed by atoms with Gasteiger partial charge in [-0.15, -0.1) is 0 Å². The number of para-hydroxylation sites is 2. The van der Waals surface area contributed by atoms with Crippen molar-refractivity contribution in [3.05, 3.63) is 233 Å². The molecule has 0 spiro atoms. The van der Waals surface area contributed by atoms with Gasteiger partial charge in [-0.3, -0.25) is 0 Å². The number of furan rings is 2. The van der Waals surface area contributed by atoms with Crippen molar-refractivity contribution < 1.29 is 8.83 Å². The van der Waals surface area contributed by atoms with Gasteiger partial charge in [-0.1, -0.05) is 187 Å². The molecule has 10 aromatic carbocycles. The Hall–Kier alpha value is -8.40. The average molecular weight is 940 g/mol. The molecule has 0 saturated carbocycles. The molecule has 0 fully saturated rings. The number of aryl methyl sites for hydroxylation is 1. The summed E-state index contributed by atoms with van der Waals surface area (Å²) in [6, 6.07) is 71.7. The number of rotatable bonds is 5. The van der Waals surface area contributed by atoms with Crippen LogP contribution in [0.1, 0.15) is 80.5 Å². The molecule has 73 heavy (non-hydrogen) atoms. The summed E-state index contributed by atoms with van der Waals surface area (Å²) in [7, 11) is 0. The molecular weight excluding hydrogens is 887 g/mol. The first-order valence-corrected chi connectivity index (χ1v) is 25.8. The van der Waals surface area contributed by atoms with Crippen molar-refractivity contribution in [1.29, 1.82) is 0 Å². The minimum Gasteiger partial charge on any atom is -0.455 e. The zero-order valence-corrected chi connectivity index (χ0v) is 42.2. The van der Waals surface area contributed by atoms with Gasteiger partial charge in [0.05, 0.1) is 0 Å². The molecule has 3 nitrogen and oxygen atoms in total. The number of nitrogens with zero attached hydrogens (tertiary/aromatic N) is 1. The molecule has 0 amide bonds. The van der Waals surface area contributed by atoms with Crippen LogP contribution in [0, 0.1) is 6.92 Å². The predicted molar refractivity (Wildman–Crippen MR) is 304 cm³/mol. The van der Waals surface area contributed by atoms with E-state index in [0.717, 1.165) is 50.3 Å². The molecule has 2 heterocycles. The van der Waals surface area contributed by atoms with Crippen LogP contribution in [-0.2, 0) is 16.2 Å². The average Bonchev–Trinajstić information content (AvgIpc) is 4.17. The van der Waals surface area contributed by atoms with E-state index in [-0.39, 0.29) is 16.2 Å². The van der Waals surface area contributed by atoms with Crippen LogP contribution < -0.4 is 4.90 Å². The van der Waals surface area contributed by atoms with Crippen LogP contribution in [0.15, 0.2) is 203 Å². The molecule has 3 heteroatoms. The highest BCUT2D eigenvalue weighted by atomic mass is 16.3. The number of hydrogen-bond acceptors (Lipinski definition) is 3. The number of benzene rings is 10. The maximum absolute atomic E-state index is 7.01. The highest BCUT2D eigenvalue weighted by Gasteiger charge is 2.49. The van der Waals surface area contributed by atoms with Gasteiger partial charge in [-0.05, 0) is 139 Å². The van der Waals surface area contributed by atoms with Crippen molar-refractivity contribution in [1.82, 2.24) is 0 Å². The Bertz CT molecular complexity index is 4350. The van der Waals surface area contributed by atoms with Crippen molar-refractivity contribution >= 4 is 60.9 Å². The fourth-order valence-electron chi connectivity index (χ4n) is 13.8. The standard InChI is InChI=1S/C70H53NO2/c1-40-18-17-21-43(36-40)52-39-56-59(61-50-23-12-15-26-57(50)72-66(52)61)48-34-32-45(37-54(48)68(56,2)3)71(44-30-28-42(29-31-44)41-19-9-8-10-20-41)46-33-35-49-55(38-46)70(6,7)64-60(49)62-51-24-13-16-27-58(51)73-67(62)63-47-22-11-14-25-53(47)69(4,5)65(63)64/h8-39H,1-7H3. The van der Waals surface area contributed by atoms with Crippen molar-refractivity contribution in [3.63, 3.8) is 0 Å². The van der Waals surface area contributed by atoms with E-state index in [9.17, 15) is 0 Å². The molecule has 0 aliphatic heterocycles. The van der Waals surface area contributed by atoms with Crippen molar-refractivity contribution in [2.45, 2.75) is 64.7 Å². The van der Waals surface area contributed by atoms with Gasteiger partial charge in [0.1, 0.15) is 22.3 Å². The third-order valence-corrected chi connectivity index (χ3v) is 17.2. The van der Waals surface area contributed by atoms with E-state index in [1.807, 2.05) is 0 Å². The van der Waals surface area contributed by atoms with Crippen LogP contribution in [0.25, 0.3) is 99.5 Å². The van der Waals surface area contributed by atoms with Crippen LogP contribution in [0.4, 0.5) is 17.1 Å². The Morgan fingerprint density at radius 1 is 0.342 bits per heavy atom. The van der Waals surface area contributed by atoms with E-state index >= 15 is 0 Å². The van der Waals surface area contributed by atoms with Crippen LogP contribution in [0.5, 0.6) is 0 Å². The summed E-state index contributed by atoms with van der Waals surface area (Å²) in [4.78, 5) is 2.49. The first kappa shape index (κ1) is 42.3. The van der Waals surface area contributed by atoms with Crippen molar-refractivity contribution in [2.24, 2.45) is 0 Å². The Morgan fingerprint density at radius 3 is 1.56 bits per heavy atom. The van der Waals surface area contributed by atoms with E-state index in [0.29, 0.717) is 0 Å². The van der Waals surface area contributed by atoms with Gasteiger partial charge in [0.2, 0.25) is 0 Å². The summed E-state index contributed by atoms with van der Waals surface area (Å²) in [6.45, 7) is 16.7. The minimum absolute atomic E-state index is 0.234. The number of hydrogen-bond donors (Lipinski definition) is 0. The largest absolute Gasteiger partial charge is 0.455 e. The zero-order valence-electron chi connectivity index (χ0n) is 42.2. The van der Waals surface area contributed by atoms with Gasteiger partial charge in [-0.25, -0.2) is 0 Å². The van der Waals surface area contributed by atoms with Crippen LogP contribution in [0.2, 0.25) is 0 Å². The molecule has 0 bridgehead atoms. The molecule has 0 atom stereocenters. The molecule has 0 unspecified atom stereocenters. The Morgan fingerprint density at radius 2 is 0.863 bits per heavy atom. The van der Waals surface area contributed by atoms with E-state index in [1.54, 1.807) is 0 Å². The number of anilines is 3. The second kappa shape index (κ2) is 14.6. The van der Waals surface area contributed by atoms with Crippen molar-refractivity contribution in [2.75, 3.05) is 4.90 Å². The molecule has 0 N–H and O–H groups in total. The molecule has 350 valence electrons. The Labute approximate surface area is 426 Å². The quantitative estimate of drug-likeness (QED) is 0.172. The van der Waals surface area contributed by atoms with Gasteiger partial charge in [0.25, 0.3) is 0 Å². The first-order chi connectivity index (χ1) is 35.4. The molecule has 0 radical (unpaired) electrons. The third kappa shape index (κ3) is 5.65. The molecule has 2 aromatic heterocycles. The Kier molecular flexibility index (Phi) is 8.47. The van der Waals surface area contributed by atoms with E-state index in [1.165, 1.54) is 105 Å². The molecular formula is C70H53NO2. The molecule has 12 aromatic rings. The Balaban J connectivity index is 0.951. The second-order valence-electron chi connectivity index (χ2n) is 22.4. The summed E-state index contributed by atoms with van der Waals surface area (Å²) in [5.41, 5.74) is 27.9. The van der Waals surface area contributed by atoms with Gasteiger partial charge in [0.15, 0.2) is 0 Å². The molecule has 15 rings (SSSR count). The smallest absolute Gasteiger partial charge is 0.144 e. The summed E-state index contributed by atoms with van der Waals surface area (Å²) in [6.07, 6.45) is 0. The molecule has 0 saturated heterocycles. The SMILES string of the molecule is Cc1cccc(-c2cc3c(c4c2oc2ccccc24)-c2ccc(N(c4ccc(-c5ccccc5)cc4)c4ccc5c(c4)C(C)(C)c4c6c(c7oc8ccccc8c7c4-5)-c4ccccc4C6(C)C)cc2C3(C)C)c1. The highest BCUT2D eigenvalue weighted by molar-refractivity contribution is 6.21. The van der Waals surface area contributed by atoms with Gasteiger partial charge in [-0.2, -0.15) is 0 Å². The van der Waals surface area contributed by atoms with E-state index < -0.39 is 0 Å². The van der Waals surface area contributed by atoms with Crippen molar-refractivity contribution in [3.8, 4) is 55.6 Å². The predicted octanol–water partition coefficient (Wildman–Crippen LogP) is 19.5. The summed E-state index contributed by atoms with van der Waals surface area (Å²) < 4.78 is 13.9. The molecule has 3 aliphatic carbocycles.